The summed E-state index contributed by atoms with van der Waals surface area (Å²) in [5, 5.41) is 6.03. The fourth-order valence-electron chi connectivity index (χ4n) is 3.30. The quantitative estimate of drug-likeness (QED) is 0.601. The van der Waals surface area contributed by atoms with Crippen molar-refractivity contribution >= 4 is 29.0 Å². The van der Waals surface area contributed by atoms with Gasteiger partial charge in [0, 0.05) is 48.1 Å². The van der Waals surface area contributed by atoms with Gasteiger partial charge < -0.3 is 20.3 Å². The van der Waals surface area contributed by atoms with Crippen molar-refractivity contribution in [3.05, 3.63) is 54.0 Å². The van der Waals surface area contributed by atoms with Crippen LogP contribution in [0, 0.1) is 13.8 Å². The van der Waals surface area contributed by atoms with Gasteiger partial charge in [-0.2, -0.15) is 4.98 Å². The summed E-state index contributed by atoms with van der Waals surface area (Å²) in [4.78, 5) is 31.6. The Kier molecular flexibility index (Phi) is 6.21. The van der Waals surface area contributed by atoms with E-state index in [9.17, 15) is 4.79 Å². The molecule has 160 valence electrons. The number of aryl methyl sites for hydroxylation is 2. The molecule has 0 spiro atoms. The fourth-order valence-corrected chi connectivity index (χ4v) is 3.30. The zero-order valence-corrected chi connectivity index (χ0v) is 17.6. The number of carbonyl (C=O) groups excluding carboxylic acids is 1. The molecule has 2 N–H and O–H groups in total. The monoisotopic (exact) mass is 419 g/mol. The SMILES string of the molecule is Cc1cc(N2CCCC2)nc(Nc2ccc(NC(=O)COc3nccc(C)n3)cc2)n1. The lowest BCUT2D eigenvalue weighted by Gasteiger charge is -2.17. The first kappa shape index (κ1) is 20.5. The van der Waals surface area contributed by atoms with E-state index in [2.05, 4.69) is 35.5 Å². The molecule has 1 fully saturated rings. The minimum absolute atomic E-state index is 0.167. The molecule has 1 aliphatic rings. The Hall–Kier alpha value is -3.75. The van der Waals surface area contributed by atoms with Gasteiger partial charge in [-0.15, -0.1) is 0 Å². The molecule has 0 atom stereocenters. The second-order valence-electron chi connectivity index (χ2n) is 7.41. The van der Waals surface area contributed by atoms with Crippen molar-refractivity contribution in [2.45, 2.75) is 26.7 Å². The highest BCUT2D eigenvalue weighted by Crippen LogP contribution is 2.22. The molecule has 0 aliphatic carbocycles. The molecule has 0 saturated carbocycles. The summed E-state index contributed by atoms with van der Waals surface area (Å²) in [5.74, 6) is 1.22. The molecule has 3 heterocycles. The van der Waals surface area contributed by atoms with Crippen molar-refractivity contribution in [1.82, 2.24) is 19.9 Å². The van der Waals surface area contributed by atoms with Gasteiger partial charge in [0.25, 0.3) is 5.91 Å². The number of nitrogens with one attached hydrogen (secondary N) is 2. The van der Waals surface area contributed by atoms with Gasteiger partial charge in [0.2, 0.25) is 5.95 Å². The number of carbonyl (C=O) groups is 1. The first-order chi connectivity index (χ1) is 15.0. The van der Waals surface area contributed by atoms with Crippen molar-refractivity contribution in [2.24, 2.45) is 0 Å². The standard InChI is InChI=1S/C22H25N7O2/c1-15-9-10-23-22(25-15)31-14-20(30)26-17-5-7-18(8-6-17)27-21-24-16(2)13-19(28-21)29-11-3-4-12-29/h5-10,13H,3-4,11-12,14H2,1-2H3,(H,26,30)(H,24,27,28). The molecule has 0 bridgehead atoms. The summed E-state index contributed by atoms with van der Waals surface area (Å²) >= 11 is 0. The van der Waals surface area contributed by atoms with Crippen LogP contribution in [0.1, 0.15) is 24.2 Å². The summed E-state index contributed by atoms with van der Waals surface area (Å²) < 4.78 is 5.32. The largest absolute Gasteiger partial charge is 0.453 e. The molecule has 3 aromatic rings. The van der Waals surface area contributed by atoms with E-state index in [0.29, 0.717) is 11.6 Å². The summed E-state index contributed by atoms with van der Waals surface area (Å²) in [6.45, 7) is 5.70. The van der Waals surface area contributed by atoms with Crippen molar-refractivity contribution in [1.29, 1.82) is 0 Å². The number of aromatic nitrogens is 4. The van der Waals surface area contributed by atoms with E-state index >= 15 is 0 Å². The molecular weight excluding hydrogens is 394 g/mol. The molecule has 0 unspecified atom stereocenters. The smallest absolute Gasteiger partial charge is 0.317 e. The lowest BCUT2D eigenvalue weighted by Crippen LogP contribution is -2.20. The first-order valence-corrected chi connectivity index (χ1v) is 10.3. The zero-order valence-electron chi connectivity index (χ0n) is 17.6. The van der Waals surface area contributed by atoms with Crippen LogP contribution in [0.25, 0.3) is 0 Å². The van der Waals surface area contributed by atoms with Crippen LogP contribution >= 0.6 is 0 Å². The van der Waals surface area contributed by atoms with Gasteiger partial charge in [-0.25, -0.2) is 15.0 Å². The van der Waals surface area contributed by atoms with E-state index in [-0.39, 0.29) is 18.5 Å². The topological polar surface area (TPSA) is 105 Å². The summed E-state index contributed by atoms with van der Waals surface area (Å²) in [6.07, 6.45) is 3.98. The number of amides is 1. The zero-order chi connectivity index (χ0) is 21.6. The van der Waals surface area contributed by atoms with Gasteiger partial charge in [-0.1, -0.05) is 0 Å². The predicted molar refractivity (Wildman–Crippen MR) is 119 cm³/mol. The highest BCUT2D eigenvalue weighted by molar-refractivity contribution is 5.92. The third kappa shape index (κ3) is 5.65. The van der Waals surface area contributed by atoms with Crippen LogP contribution in [0.3, 0.4) is 0 Å². The molecule has 31 heavy (non-hydrogen) atoms. The van der Waals surface area contributed by atoms with E-state index in [0.717, 1.165) is 36.0 Å². The van der Waals surface area contributed by atoms with Gasteiger partial charge >= 0.3 is 6.01 Å². The van der Waals surface area contributed by atoms with E-state index in [1.165, 1.54) is 12.8 Å². The van der Waals surface area contributed by atoms with Crippen molar-refractivity contribution in [2.75, 3.05) is 35.2 Å². The molecule has 1 amide bonds. The number of nitrogens with zero attached hydrogens (tertiary/aromatic N) is 5. The minimum Gasteiger partial charge on any atom is -0.453 e. The number of hydrogen-bond donors (Lipinski definition) is 2. The number of ether oxygens (including phenoxy) is 1. The Morgan fingerprint density at radius 1 is 1.00 bits per heavy atom. The van der Waals surface area contributed by atoms with Crippen LogP contribution in [0.5, 0.6) is 6.01 Å². The van der Waals surface area contributed by atoms with E-state index in [1.54, 1.807) is 24.4 Å². The van der Waals surface area contributed by atoms with Crippen LogP contribution < -0.4 is 20.3 Å². The van der Waals surface area contributed by atoms with Crippen LogP contribution in [-0.4, -0.2) is 45.5 Å². The van der Waals surface area contributed by atoms with Gasteiger partial charge in [-0.05, 0) is 57.0 Å². The lowest BCUT2D eigenvalue weighted by atomic mass is 10.3. The third-order valence-electron chi connectivity index (χ3n) is 4.80. The normalized spacial score (nSPS) is 13.2. The number of benzene rings is 1. The van der Waals surface area contributed by atoms with Crippen molar-refractivity contribution < 1.29 is 9.53 Å². The van der Waals surface area contributed by atoms with Gasteiger partial charge in [0.1, 0.15) is 5.82 Å². The van der Waals surface area contributed by atoms with E-state index < -0.39 is 0 Å². The van der Waals surface area contributed by atoms with Crippen LogP contribution in [0.15, 0.2) is 42.6 Å². The highest BCUT2D eigenvalue weighted by atomic mass is 16.5. The van der Waals surface area contributed by atoms with Gasteiger partial charge in [0.15, 0.2) is 6.61 Å². The first-order valence-electron chi connectivity index (χ1n) is 10.3. The lowest BCUT2D eigenvalue weighted by molar-refractivity contribution is -0.118. The second-order valence-corrected chi connectivity index (χ2v) is 7.41. The molecular formula is C22H25N7O2. The maximum atomic E-state index is 12.1. The maximum absolute atomic E-state index is 12.1. The Morgan fingerprint density at radius 2 is 1.74 bits per heavy atom. The average molecular weight is 419 g/mol. The van der Waals surface area contributed by atoms with Crippen molar-refractivity contribution in [3.8, 4) is 6.01 Å². The summed E-state index contributed by atoms with van der Waals surface area (Å²) in [7, 11) is 0. The number of anilines is 4. The molecule has 4 rings (SSSR count). The van der Waals surface area contributed by atoms with Crippen LogP contribution in [-0.2, 0) is 4.79 Å². The molecule has 9 nitrogen and oxygen atoms in total. The fraction of sp³-hybridized carbons (Fsp3) is 0.318. The minimum atomic E-state index is -0.289. The molecule has 1 saturated heterocycles. The highest BCUT2D eigenvalue weighted by Gasteiger charge is 2.15. The van der Waals surface area contributed by atoms with Crippen LogP contribution in [0.2, 0.25) is 0 Å². The van der Waals surface area contributed by atoms with E-state index in [4.69, 9.17) is 4.74 Å². The average Bonchev–Trinajstić information content (AvgIpc) is 3.28. The van der Waals surface area contributed by atoms with Crippen molar-refractivity contribution in [3.63, 3.8) is 0 Å². The molecule has 1 aromatic carbocycles. The molecule has 0 radical (unpaired) electrons. The molecule has 2 aromatic heterocycles. The van der Waals surface area contributed by atoms with E-state index in [1.807, 2.05) is 32.0 Å². The summed E-state index contributed by atoms with van der Waals surface area (Å²) in [6, 6.07) is 11.3. The Balaban J connectivity index is 1.33. The third-order valence-corrected chi connectivity index (χ3v) is 4.80. The Morgan fingerprint density at radius 3 is 2.48 bits per heavy atom. The second kappa shape index (κ2) is 9.38. The van der Waals surface area contributed by atoms with Crippen LogP contribution in [0.4, 0.5) is 23.1 Å². The Bertz CT molecular complexity index is 1050. The molecule has 1 aliphatic heterocycles. The van der Waals surface area contributed by atoms with Gasteiger partial charge in [-0.3, -0.25) is 4.79 Å². The predicted octanol–water partition coefficient (Wildman–Crippen LogP) is 3.24. The summed E-state index contributed by atoms with van der Waals surface area (Å²) in [5.41, 5.74) is 3.19. The Labute approximate surface area is 180 Å². The van der Waals surface area contributed by atoms with Gasteiger partial charge in [0.05, 0.1) is 0 Å². The molecule has 9 heteroatoms. The number of rotatable bonds is 7. The number of hydrogen-bond acceptors (Lipinski definition) is 8. The maximum Gasteiger partial charge on any atom is 0.317 e.